The topological polar surface area (TPSA) is 159 Å². The first-order chi connectivity index (χ1) is 22.4. The second-order valence-electron chi connectivity index (χ2n) is 11.9. The molecule has 0 aromatic heterocycles. The van der Waals surface area contributed by atoms with E-state index >= 15 is 0 Å². The van der Waals surface area contributed by atoms with Crippen LogP contribution in [-0.2, 0) is 28.6 Å². The maximum atomic E-state index is 12.0. The van der Waals surface area contributed by atoms with Crippen molar-refractivity contribution >= 4 is 35.5 Å². The van der Waals surface area contributed by atoms with Gasteiger partial charge in [0.15, 0.2) is 0 Å². The van der Waals surface area contributed by atoms with Crippen LogP contribution < -0.4 is 26.6 Å². The number of carbonyl (C=O) groups excluding carboxylic acids is 4. The number of hydrogen-bond donors (Lipinski definition) is 5. The van der Waals surface area contributed by atoms with Gasteiger partial charge in [-0.05, 0) is 65.1 Å². The minimum Gasteiger partial charge on any atom is -0.379 e. The molecule has 0 bridgehead atoms. The summed E-state index contributed by atoms with van der Waals surface area (Å²) in [7, 11) is 2.09. The van der Waals surface area contributed by atoms with E-state index < -0.39 is 0 Å². The minimum atomic E-state index is -0.0579. The molecule has 2 fully saturated rings. The van der Waals surface area contributed by atoms with E-state index in [9.17, 15) is 19.2 Å². The van der Waals surface area contributed by atoms with Crippen molar-refractivity contribution in [2.75, 3.05) is 85.2 Å². The van der Waals surface area contributed by atoms with Crippen molar-refractivity contribution in [2.24, 2.45) is 0 Å². The van der Waals surface area contributed by atoms with E-state index in [1.165, 1.54) is 0 Å². The summed E-state index contributed by atoms with van der Waals surface area (Å²) < 4.78 is 16.6. The summed E-state index contributed by atoms with van der Waals surface area (Å²) in [5.74, 6) is 1.01. The highest BCUT2D eigenvalue weighted by atomic mass is 32.2. The fourth-order valence-electron chi connectivity index (χ4n) is 5.19. The highest BCUT2D eigenvalue weighted by molar-refractivity contribution is 8.00. The Balaban J connectivity index is 1.24. The molecule has 2 aliphatic rings. The molecule has 14 heteroatoms. The first-order valence-corrected chi connectivity index (χ1v) is 18.3. The molecule has 1 unspecified atom stereocenters. The van der Waals surface area contributed by atoms with Crippen LogP contribution in [0.3, 0.4) is 0 Å². The lowest BCUT2D eigenvalue weighted by atomic mass is 10.0. The van der Waals surface area contributed by atoms with E-state index in [4.69, 9.17) is 14.2 Å². The van der Waals surface area contributed by atoms with Crippen LogP contribution in [0.1, 0.15) is 77.6 Å². The Labute approximate surface area is 280 Å². The molecule has 266 valence electrons. The summed E-state index contributed by atoms with van der Waals surface area (Å²) in [5.41, 5.74) is 0. The maximum Gasteiger partial charge on any atom is 0.315 e. The van der Waals surface area contributed by atoms with Crippen LogP contribution in [0.4, 0.5) is 4.79 Å². The van der Waals surface area contributed by atoms with E-state index in [1.807, 2.05) is 11.8 Å². The number of thioether (sulfide) groups is 1. The first kappa shape index (κ1) is 40.0. The molecule has 2 rings (SSSR count). The Hall–Kier alpha value is -2.13. The number of unbranched alkanes of at least 4 members (excludes halogenated alkanes) is 2. The molecule has 0 aromatic carbocycles. The molecule has 2 heterocycles. The van der Waals surface area contributed by atoms with Gasteiger partial charge in [-0.25, -0.2) is 4.79 Å². The minimum absolute atomic E-state index is 0.00991. The number of ether oxygens (including phenoxy) is 3. The lowest BCUT2D eigenvalue weighted by molar-refractivity contribution is -0.123. The molecule has 13 nitrogen and oxygen atoms in total. The normalized spacial score (nSPS) is 18.7. The average molecular weight is 673 g/mol. The van der Waals surface area contributed by atoms with E-state index in [2.05, 4.69) is 45.5 Å². The second-order valence-corrected chi connectivity index (χ2v) is 13.2. The molecule has 5 N–H and O–H groups in total. The van der Waals surface area contributed by atoms with Crippen molar-refractivity contribution in [2.45, 2.75) is 94.9 Å². The monoisotopic (exact) mass is 672 g/mol. The Kier molecular flexibility index (Phi) is 22.5. The Morgan fingerprint density at radius 3 is 1.87 bits per heavy atom. The SMILES string of the molecule is CCN(C)CCCCNC(=O)CCCC(=O)NCCCOCCOCCOCCCNC(=O)CCCCC1SC[C@@H]2NC(=O)N[C@H]12. The predicted molar refractivity (Wildman–Crippen MR) is 181 cm³/mol. The largest absolute Gasteiger partial charge is 0.379 e. The number of carbonyl (C=O) groups is 4. The highest BCUT2D eigenvalue weighted by Gasteiger charge is 2.42. The lowest BCUT2D eigenvalue weighted by Gasteiger charge is -2.16. The van der Waals surface area contributed by atoms with Gasteiger partial charge in [0.05, 0.1) is 38.5 Å². The van der Waals surface area contributed by atoms with Gasteiger partial charge in [-0.15, -0.1) is 0 Å². The predicted octanol–water partition coefficient (Wildman–Crippen LogP) is 1.79. The van der Waals surface area contributed by atoms with Crippen LogP contribution in [0.5, 0.6) is 0 Å². The number of nitrogens with one attached hydrogen (secondary N) is 5. The van der Waals surface area contributed by atoms with Gasteiger partial charge in [0.25, 0.3) is 0 Å². The smallest absolute Gasteiger partial charge is 0.315 e. The van der Waals surface area contributed by atoms with Gasteiger partial charge in [-0.2, -0.15) is 11.8 Å². The van der Waals surface area contributed by atoms with Crippen LogP contribution >= 0.6 is 11.8 Å². The van der Waals surface area contributed by atoms with Crippen LogP contribution in [0.15, 0.2) is 0 Å². The average Bonchev–Trinajstić information content (AvgIpc) is 3.59. The molecular formula is C32H60N6O7S. The third-order valence-corrected chi connectivity index (χ3v) is 9.54. The van der Waals surface area contributed by atoms with E-state index in [-0.39, 0.29) is 35.8 Å². The summed E-state index contributed by atoms with van der Waals surface area (Å²) in [5, 5.41) is 15.1. The summed E-state index contributed by atoms with van der Waals surface area (Å²) in [6.45, 7) is 9.10. The van der Waals surface area contributed by atoms with Gasteiger partial charge in [0, 0.05) is 63.1 Å². The third kappa shape index (κ3) is 19.5. The molecule has 0 radical (unpaired) electrons. The molecule has 5 amide bonds. The number of hydrogen-bond acceptors (Lipinski definition) is 9. The van der Waals surface area contributed by atoms with Gasteiger partial charge in [-0.1, -0.05) is 13.3 Å². The Morgan fingerprint density at radius 2 is 1.28 bits per heavy atom. The summed E-state index contributed by atoms with van der Waals surface area (Å²) in [6, 6.07) is 0.419. The van der Waals surface area contributed by atoms with E-state index in [0.29, 0.717) is 90.2 Å². The summed E-state index contributed by atoms with van der Waals surface area (Å²) in [4.78, 5) is 49.6. The fourth-order valence-corrected chi connectivity index (χ4v) is 6.73. The quantitative estimate of drug-likeness (QED) is 0.0590. The molecule has 0 aliphatic carbocycles. The van der Waals surface area contributed by atoms with Crippen molar-refractivity contribution < 1.29 is 33.4 Å². The van der Waals surface area contributed by atoms with Crippen LogP contribution in [-0.4, -0.2) is 131 Å². The summed E-state index contributed by atoms with van der Waals surface area (Å²) in [6.07, 6.45) is 8.17. The van der Waals surface area contributed by atoms with Gasteiger partial charge in [-0.3, -0.25) is 14.4 Å². The van der Waals surface area contributed by atoms with Crippen molar-refractivity contribution in [1.82, 2.24) is 31.5 Å². The molecular weight excluding hydrogens is 612 g/mol. The molecule has 2 saturated heterocycles. The van der Waals surface area contributed by atoms with Crippen molar-refractivity contribution in [3.8, 4) is 0 Å². The number of nitrogens with zero attached hydrogens (tertiary/aromatic N) is 1. The molecule has 3 atom stereocenters. The lowest BCUT2D eigenvalue weighted by Crippen LogP contribution is -2.36. The van der Waals surface area contributed by atoms with Gasteiger partial charge < -0.3 is 45.7 Å². The van der Waals surface area contributed by atoms with Gasteiger partial charge in [0.2, 0.25) is 17.7 Å². The van der Waals surface area contributed by atoms with Crippen LogP contribution in [0.2, 0.25) is 0 Å². The van der Waals surface area contributed by atoms with Crippen molar-refractivity contribution in [3.63, 3.8) is 0 Å². The molecule has 0 spiro atoms. The standard InChI is InChI=1S/C32H60N6O7S/c1-3-38(2)18-7-6-15-33-29(40)13-8-14-30(41)35-17-10-20-44-22-24-45-23-21-43-19-9-16-34-28(39)12-5-4-11-27-31-26(25-46-27)36-32(42)37-31/h26-27,31H,3-25H2,1-2H3,(H,33,40)(H,34,39)(H,35,41)(H2,36,37,42)/t26-,27?,31-/m0/s1. The number of fused-ring (bicyclic) bond motifs is 1. The van der Waals surface area contributed by atoms with Crippen LogP contribution in [0.25, 0.3) is 0 Å². The van der Waals surface area contributed by atoms with Crippen LogP contribution in [0, 0.1) is 0 Å². The van der Waals surface area contributed by atoms with Crippen molar-refractivity contribution in [3.05, 3.63) is 0 Å². The molecule has 0 aromatic rings. The maximum absolute atomic E-state index is 12.0. The summed E-state index contributed by atoms with van der Waals surface area (Å²) >= 11 is 1.91. The number of urea groups is 1. The Bertz CT molecular complexity index is 871. The van der Waals surface area contributed by atoms with E-state index in [0.717, 1.165) is 63.8 Å². The molecule has 0 saturated carbocycles. The first-order valence-electron chi connectivity index (χ1n) is 17.3. The van der Waals surface area contributed by atoms with Gasteiger partial charge >= 0.3 is 6.03 Å². The second kappa shape index (κ2) is 25.9. The zero-order valence-corrected chi connectivity index (χ0v) is 29.0. The number of amides is 5. The van der Waals surface area contributed by atoms with E-state index in [1.54, 1.807) is 0 Å². The third-order valence-electron chi connectivity index (χ3n) is 8.04. The molecule has 46 heavy (non-hydrogen) atoms. The number of rotatable bonds is 29. The zero-order chi connectivity index (χ0) is 33.2. The van der Waals surface area contributed by atoms with Crippen molar-refractivity contribution in [1.29, 1.82) is 0 Å². The van der Waals surface area contributed by atoms with Gasteiger partial charge in [0.1, 0.15) is 0 Å². The highest BCUT2D eigenvalue weighted by Crippen LogP contribution is 2.33. The zero-order valence-electron chi connectivity index (χ0n) is 28.2. The molecule has 2 aliphatic heterocycles. The fraction of sp³-hybridized carbons (Fsp3) is 0.875. The Morgan fingerprint density at radius 1 is 0.739 bits per heavy atom.